The highest BCUT2D eigenvalue weighted by molar-refractivity contribution is 5.70. The van der Waals surface area contributed by atoms with Gasteiger partial charge in [0.15, 0.2) is 0 Å². The number of carbonyl (C=O) groups is 1. The first-order valence-corrected chi connectivity index (χ1v) is 5.18. The minimum absolute atomic E-state index is 0.161. The van der Waals surface area contributed by atoms with Gasteiger partial charge in [-0.25, -0.2) is 0 Å². The van der Waals surface area contributed by atoms with Gasteiger partial charge in [-0.3, -0.25) is 4.79 Å². The molecule has 0 bridgehead atoms. The van der Waals surface area contributed by atoms with Crippen molar-refractivity contribution < 1.29 is 14.6 Å². The quantitative estimate of drug-likeness (QED) is 0.669. The van der Waals surface area contributed by atoms with Crippen LogP contribution in [0.2, 0.25) is 0 Å². The summed E-state index contributed by atoms with van der Waals surface area (Å²) >= 11 is 0. The van der Waals surface area contributed by atoms with Gasteiger partial charge < -0.3 is 14.7 Å². The van der Waals surface area contributed by atoms with Gasteiger partial charge in [-0.1, -0.05) is 0 Å². The third-order valence-electron chi connectivity index (χ3n) is 2.68. The number of carboxylic acid groups (broad SMARTS) is 1. The van der Waals surface area contributed by atoms with E-state index < -0.39 is 5.97 Å². The number of piperidine rings is 1. The van der Waals surface area contributed by atoms with Crippen molar-refractivity contribution in [2.24, 2.45) is 5.92 Å². The van der Waals surface area contributed by atoms with Gasteiger partial charge in [0.25, 0.3) is 0 Å². The van der Waals surface area contributed by atoms with Crippen LogP contribution in [0.1, 0.15) is 19.3 Å². The second kappa shape index (κ2) is 5.98. The number of ether oxygens (including phenoxy) is 1. The average Bonchev–Trinajstić information content (AvgIpc) is 2.19. The maximum atomic E-state index is 10.8. The highest BCUT2D eigenvalue weighted by Gasteiger charge is 2.24. The summed E-state index contributed by atoms with van der Waals surface area (Å²) in [6, 6.07) is 0. The third-order valence-corrected chi connectivity index (χ3v) is 2.68. The minimum atomic E-state index is -0.651. The van der Waals surface area contributed by atoms with E-state index in [0.717, 1.165) is 39.0 Å². The molecule has 1 aliphatic heterocycles. The molecule has 14 heavy (non-hydrogen) atoms. The minimum Gasteiger partial charge on any atom is -0.481 e. The molecule has 1 aliphatic rings. The van der Waals surface area contributed by atoms with Gasteiger partial charge in [-0.2, -0.15) is 0 Å². The zero-order valence-electron chi connectivity index (χ0n) is 8.74. The first kappa shape index (κ1) is 11.5. The lowest BCUT2D eigenvalue weighted by molar-refractivity contribution is -0.143. The molecular formula is C10H19NO3. The standard InChI is InChI=1S/C10H19NO3/c1-14-7-3-6-11-5-2-4-9(8-11)10(12)13/h9H,2-8H2,1H3,(H,12,13). The predicted molar refractivity (Wildman–Crippen MR) is 53.3 cm³/mol. The van der Waals surface area contributed by atoms with Crippen LogP contribution in [0.4, 0.5) is 0 Å². The lowest BCUT2D eigenvalue weighted by atomic mass is 9.98. The Hall–Kier alpha value is -0.610. The lowest BCUT2D eigenvalue weighted by Gasteiger charge is -2.30. The predicted octanol–water partition coefficient (Wildman–Crippen LogP) is 0.820. The fourth-order valence-electron chi connectivity index (χ4n) is 1.89. The molecule has 1 heterocycles. The van der Waals surface area contributed by atoms with Crippen LogP contribution < -0.4 is 0 Å². The average molecular weight is 201 g/mol. The normalized spacial score (nSPS) is 23.6. The summed E-state index contributed by atoms with van der Waals surface area (Å²) in [6.45, 7) is 3.46. The molecule has 1 N–H and O–H groups in total. The molecule has 1 atom stereocenters. The monoisotopic (exact) mass is 201 g/mol. The zero-order valence-corrected chi connectivity index (χ0v) is 8.74. The van der Waals surface area contributed by atoms with E-state index in [9.17, 15) is 4.79 Å². The largest absolute Gasteiger partial charge is 0.481 e. The first-order valence-electron chi connectivity index (χ1n) is 5.18. The van der Waals surface area contributed by atoms with Gasteiger partial charge in [0, 0.05) is 26.8 Å². The molecule has 1 rings (SSSR count). The summed E-state index contributed by atoms with van der Waals surface area (Å²) in [5, 5.41) is 8.88. The number of methoxy groups -OCH3 is 1. The van der Waals surface area contributed by atoms with Crippen molar-refractivity contribution in [3.63, 3.8) is 0 Å². The van der Waals surface area contributed by atoms with Crippen LogP contribution in [0.25, 0.3) is 0 Å². The number of hydrogen-bond donors (Lipinski definition) is 1. The Bertz CT molecular complexity index is 184. The van der Waals surface area contributed by atoms with Crippen LogP contribution >= 0.6 is 0 Å². The fraction of sp³-hybridized carbons (Fsp3) is 0.900. The van der Waals surface area contributed by atoms with Gasteiger partial charge >= 0.3 is 5.97 Å². The SMILES string of the molecule is COCCCN1CCCC(C(=O)O)C1. The fourth-order valence-corrected chi connectivity index (χ4v) is 1.89. The van der Waals surface area contributed by atoms with Crippen molar-refractivity contribution in [1.29, 1.82) is 0 Å². The summed E-state index contributed by atoms with van der Waals surface area (Å²) in [5.74, 6) is -0.812. The summed E-state index contributed by atoms with van der Waals surface area (Å²) in [6.07, 6.45) is 2.82. The molecule has 0 saturated carbocycles. The Labute approximate surface area is 84.8 Å². The number of likely N-dealkylation sites (tertiary alicyclic amines) is 1. The molecule has 4 heteroatoms. The number of nitrogens with zero attached hydrogens (tertiary/aromatic N) is 1. The van der Waals surface area contributed by atoms with E-state index in [4.69, 9.17) is 9.84 Å². The number of carboxylic acids is 1. The van der Waals surface area contributed by atoms with Crippen molar-refractivity contribution in [1.82, 2.24) is 4.90 Å². The molecule has 0 aromatic carbocycles. The van der Waals surface area contributed by atoms with Crippen molar-refractivity contribution in [3.05, 3.63) is 0 Å². The Balaban J connectivity index is 2.22. The zero-order chi connectivity index (χ0) is 10.4. The van der Waals surface area contributed by atoms with Crippen LogP contribution in [-0.2, 0) is 9.53 Å². The Morgan fingerprint density at radius 2 is 2.43 bits per heavy atom. The Morgan fingerprint density at radius 3 is 3.07 bits per heavy atom. The third kappa shape index (κ3) is 3.64. The second-order valence-corrected chi connectivity index (χ2v) is 3.82. The molecule has 4 nitrogen and oxygen atoms in total. The highest BCUT2D eigenvalue weighted by Crippen LogP contribution is 2.16. The molecule has 0 aliphatic carbocycles. The molecule has 0 aromatic heterocycles. The molecule has 1 fully saturated rings. The number of rotatable bonds is 5. The molecule has 0 aromatic rings. The molecule has 1 saturated heterocycles. The summed E-state index contributed by atoms with van der Waals surface area (Å²) in [4.78, 5) is 13.0. The van der Waals surface area contributed by atoms with Gasteiger partial charge in [0.1, 0.15) is 0 Å². The topological polar surface area (TPSA) is 49.8 Å². The van der Waals surface area contributed by atoms with Crippen molar-refractivity contribution in [3.8, 4) is 0 Å². The van der Waals surface area contributed by atoms with Crippen LogP contribution in [0, 0.1) is 5.92 Å². The van der Waals surface area contributed by atoms with Crippen molar-refractivity contribution >= 4 is 5.97 Å². The van der Waals surface area contributed by atoms with E-state index in [-0.39, 0.29) is 5.92 Å². The van der Waals surface area contributed by atoms with Crippen LogP contribution in [0.15, 0.2) is 0 Å². The molecule has 1 unspecified atom stereocenters. The van der Waals surface area contributed by atoms with E-state index in [1.54, 1.807) is 7.11 Å². The molecular weight excluding hydrogens is 182 g/mol. The summed E-state index contributed by atoms with van der Waals surface area (Å²) in [7, 11) is 1.69. The first-order chi connectivity index (χ1) is 6.74. The van der Waals surface area contributed by atoms with Crippen molar-refractivity contribution in [2.75, 3.05) is 33.4 Å². The maximum absolute atomic E-state index is 10.8. The van der Waals surface area contributed by atoms with Gasteiger partial charge in [0.2, 0.25) is 0 Å². The number of hydrogen-bond acceptors (Lipinski definition) is 3. The molecule has 0 spiro atoms. The van der Waals surface area contributed by atoms with E-state index in [1.807, 2.05) is 0 Å². The van der Waals surface area contributed by atoms with Gasteiger partial charge in [0.05, 0.1) is 5.92 Å². The summed E-state index contributed by atoms with van der Waals surface area (Å²) < 4.78 is 4.96. The summed E-state index contributed by atoms with van der Waals surface area (Å²) in [5.41, 5.74) is 0. The van der Waals surface area contributed by atoms with Crippen LogP contribution in [0.5, 0.6) is 0 Å². The van der Waals surface area contributed by atoms with E-state index in [2.05, 4.69) is 4.90 Å². The second-order valence-electron chi connectivity index (χ2n) is 3.82. The molecule has 0 radical (unpaired) electrons. The highest BCUT2D eigenvalue weighted by atomic mass is 16.5. The van der Waals surface area contributed by atoms with Crippen LogP contribution in [-0.4, -0.2) is 49.3 Å². The van der Waals surface area contributed by atoms with Crippen LogP contribution in [0.3, 0.4) is 0 Å². The number of aliphatic carboxylic acids is 1. The molecule has 82 valence electrons. The maximum Gasteiger partial charge on any atom is 0.307 e. The Morgan fingerprint density at radius 1 is 1.64 bits per heavy atom. The van der Waals surface area contributed by atoms with Gasteiger partial charge in [-0.05, 0) is 25.8 Å². The smallest absolute Gasteiger partial charge is 0.307 e. The Kier molecular flexibility index (Phi) is 4.90. The van der Waals surface area contributed by atoms with Gasteiger partial charge in [-0.15, -0.1) is 0 Å². The van der Waals surface area contributed by atoms with E-state index in [0.29, 0.717) is 6.54 Å². The molecule has 0 amide bonds. The lowest BCUT2D eigenvalue weighted by Crippen LogP contribution is -2.39. The van der Waals surface area contributed by atoms with Crippen molar-refractivity contribution in [2.45, 2.75) is 19.3 Å². The van der Waals surface area contributed by atoms with E-state index >= 15 is 0 Å². The van der Waals surface area contributed by atoms with E-state index in [1.165, 1.54) is 0 Å².